The van der Waals surface area contributed by atoms with Gasteiger partial charge in [-0.15, -0.1) is 0 Å². The number of phenols is 1. The Kier molecular flexibility index (Phi) is 5.39. The number of nitrogens with one attached hydrogen (secondary N) is 1. The van der Waals surface area contributed by atoms with Crippen molar-refractivity contribution in [3.05, 3.63) is 23.8 Å². The number of carbonyl (C=O) groups excluding carboxylic acids is 1. The number of amides is 1. The molecule has 20 heavy (non-hydrogen) atoms. The fourth-order valence-corrected chi connectivity index (χ4v) is 2.15. The average molecular weight is 280 g/mol. The number of methoxy groups -OCH3 is 1. The van der Waals surface area contributed by atoms with Crippen molar-refractivity contribution < 1.29 is 14.6 Å². The zero-order valence-corrected chi connectivity index (χ0v) is 12.9. The predicted molar refractivity (Wildman–Crippen MR) is 79.3 cm³/mol. The molecule has 0 saturated heterocycles. The molecular weight excluding hydrogens is 256 g/mol. The number of phenolic OH excluding ortho intramolecular Hbond substituents is 1. The van der Waals surface area contributed by atoms with E-state index in [0.717, 1.165) is 6.54 Å². The Morgan fingerprint density at radius 1 is 1.40 bits per heavy atom. The van der Waals surface area contributed by atoms with Crippen LogP contribution in [0.4, 0.5) is 0 Å². The Morgan fingerprint density at radius 3 is 2.60 bits per heavy atom. The molecule has 1 aromatic rings. The Morgan fingerprint density at radius 2 is 2.05 bits per heavy atom. The Balaban J connectivity index is 2.72. The van der Waals surface area contributed by atoms with Crippen molar-refractivity contribution >= 4 is 5.91 Å². The molecule has 0 fully saturated rings. The van der Waals surface area contributed by atoms with Crippen LogP contribution in [-0.4, -0.2) is 50.2 Å². The minimum Gasteiger partial charge on any atom is -0.507 e. The van der Waals surface area contributed by atoms with Crippen molar-refractivity contribution in [2.75, 3.05) is 34.3 Å². The summed E-state index contributed by atoms with van der Waals surface area (Å²) in [6.45, 7) is 5.55. The quantitative estimate of drug-likeness (QED) is 0.833. The SMILES string of the molecule is COc1ccc(O)c(C(=O)NCC(C)(C)CN(C)C)c1. The molecule has 0 bridgehead atoms. The number of nitrogens with zero attached hydrogens (tertiary/aromatic N) is 1. The third kappa shape index (κ3) is 4.74. The summed E-state index contributed by atoms with van der Waals surface area (Å²) in [6, 6.07) is 4.60. The maximum absolute atomic E-state index is 12.1. The van der Waals surface area contributed by atoms with Crippen molar-refractivity contribution in [3.8, 4) is 11.5 Å². The highest BCUT2D eigenvalue weighted by atomic mass is 16.5. The van der Waals surface area contributed by atoms with Crippen molar-refractivity contribution in [1.29, 1.82) is 0 Å². The summed E-state index contributed by atoms with van der Waals surface area (Å²) in [6.07, 6.45) is 0. The fourth-order valence-electron chi connectivity index (χ4n) is 2.15. The van der Waals surface area contributed by atoms with Crippen molar-refractivity contribution in [1.82, 2.24) is 10.2 Å². The molecule has 5 nitrogen and oxygen atoms in total. The molecule has 0 saturated carbocycles. The number of hydrogen-bond donors (Lipinski definition) is 2. The molecule has 0 atom stereocenters. The van der Waals surface area contributed by atoms with Gasteiger partial charge < -0.3 is 20.1 Å². The van der Waals surface area contributed by atoms with Gasteiger partial charge in [0.05, 0.1) is 12.7 Å². The summed E-state index contributed by atoms with van der Waals surface area (Å²) >= 11 is 0. The molecule has 1 rings (SSSR count). The molecular formula is C15H24N2O3. The van der Waals surface area contributed by atoms with Gasteiger partial charge >= 0.3 is 0 Å². The topological polar surface area (TPSA) is 61.8 Å². The first kappa shape index (κ1) is 16.3. The van der Waals surface area contributed by atoms with E-state index in [2.05, 4.69) is 24.1 Å². The first-order chi connectivity index (χ1) is 9.25. The van der Waals surface area contributed by atoms with Crippen LogP contribution < -0.4 is 10.1 Å². The zero-order valence-electron chi connectivity index (χ0n) is 12.9. The first-order valence-corrected chi connectivity index (χ1v) is 6.55. The molecule has 0 spiro atoms. The van der Waals surface area contributed by atoms with Crippen LogP contribution in [0, 0.1) is 5.41 Å². The van der Waals surface area contributed by atoms with Crippen LogP contribution in [0.3, 0.4) is 0 Å². The van der Waals surface area contributed by atoms with E-state index < -0.39 is 0 Å². The minimum absolute atomic E-state index is 0.0475. The van der Waals surface area contributed by atoms with Crippen molar-refractivity contribution in [2.45, 2.75) is 13.8 Å². The normalized spacial score (nSPS) is 11.5. The van der Waals surface area contributed by atoms with Gasteiger partial charge in [-0.25, -0.2) is 0 Å². The van der Waals surface area contributed by atoms with Crippen LogP contribution in [0.15, 0.2) is 18.2 Å². The van der Waals surface area contributed by atoms with Gasteiger partial charge in [0.25, 0.3) is 5.91 Å². The summed E-state index contributed by atoms with van der Waals surface area (Å²) in [5, 5.41) is 12.6. The molecule has 0 aliphatic rings. The summed E-state index contributed by atoms with van der Waals surface area (Å²) in [7, 11) is 5.52. The lowest BCUT2D eigenvalue weighted by Crippen LogP contribution is -2.40. The van der Waals surface area contributed by atoms with Gasteiger partial charge in [0.1, 0.15) is 11.5 Å². The molecule has 0 heterocycles. The fraction of sp³-hybridized carbons (Fsp3) is 0.533. The lowest BCUT2D eigenvalue weighted by Gasteiger charge is -2.28. The van der Waals surface area contributed by atoms with Crippen LogP contribution in [0.2, 0.25) is 0 Å². The van der Waals surface area contributed by atoms with Crippen LogP contribution >= 0.6 is 0 Å². The third-order valence-electron chi connectivity index (χ3n) is 2.92. The van der Waals surface area contributed by atoms with Crippen LogP contribution in [0.5, 0.6) is 11.5 Å². The molecule has 1 amide bonds. The molecule has 0 radical (unpaired) electrons. The van der Waals surface area contributed by atoms with E-state index >= 15 is 0 Å². The Bertz CT molecular complexity index is 470. The van der Waals surface area contributed by atoms with Gasteiger partial charge in [-0.1, -0.05) is 13.8 Å². The summed E-state index contributed by atoms with van der Waals surface area (Å²) in [4.78, 5) is 14.2. The smallest absolute Gasteiger partial charge is 0.255 e. The van der Waals surface area contributed by atoms with E-state index in [4.69, 9.17) is 4.74 Å². The van der Waals surface area contributed by atoms with Gasteiger partial charge in [0, 0.05) is 13.1 Å². The first-order valence-electron chi connectivity index (χ1n) is 6.55. The molecule has 1 aromatic carbocycles. The molecule has 0 unspecified atom stereocenters. The predicted octanol–water partition coefficient (Wildman–Crippen LogP) is 1.72. The Hall–Kier alpha value is -1.75. The minimum atomic E-state index is -0.298. The zero-order chi connectivity index (χ0) is 15.3. The van der Waals surface area contributed by atoms with E-state index in [1.165, 1.54) is 19.2 Å². The lowest BCUT2D eigenvalue weighted by atomic mass is 9.93. The van der Waals surface area contributed by atoms with E-state index in [1.807, 2.05) is 14.1 Å². The number of rotatable bonds is 6. The molecule has 0 aromatic heterocycles. The lowest BCUT2D eigenvalue weighted by molar-refractivity contribution is 0.0926. The van der Waals surface area contributed by atoms with Gasteiger partial charge in [-0.2, -0.15) is 0 Å². The molecule has 5 heteroatoms. The Labute approximate surface area is 120 Å². The van der Waals surface area contributed by atoms with Crippen molar-refractivity contribution in [2.24, 2.45) is 5.41 Å². The standard InChI is InChI=1S/C15H24N2O3/c1-15(2,10-17(3)4)9-16-14(19)12-8-11(20-5)6-7-13(12)18/h6-8,18H,9-10H2,1-5H3,(H,16,19). The highest BCUT2D eigenvalue weighted by Crippen LogP contribution is 2.23. The van der Waals surface area contributed by atoms with Crippen LogP contribution in [0.1, 0.15) is 24.2 Å². The average Bonchev–Trinajstić information content (AvgIpc) is 2.35. The highest BCUT2D eigenvalue weighted by molar-refractivity contribution is 5.97. The van der Waals surface area contributed by atoms with E-state index in [0.29, 0.717) is 12.3 Å². The number of benzene rings is 1. The number of aromatic hydroxyl groups is 1. The number of carbonyl (C=O) groups is 1. The third-order valence-corrected chi connectivity index (χ3v) is 2.92. The highest BCUT2D eigenvalue weighted by Gasteiger charge is 2.21. The second-order valence-electron chi connectivity index (χ2n) is 5.97. The number of hydrogen-bond acceptors (Lipinski definition) is 4. The van der Waals surface area contributed by atoms with Gasteiger partial charge in [-0.3, -0.25) is 4.79 Å². The second kappa shape index (κ2) is 6.61. The molecule has 2 N–H and O–H groups in total. The van der Waals surface area contributed by atoms with Gasteiger partial charge in [0.15, 0.2) is 0 Å². The maximum Gasteiger partial charge on any atom is 0.255 e. The number of ether oxygens (including phenoxy) is 1. The van der Waals surface area contributed by atoms with Gasteiger partial charge in [-0.05, 0) is 37.7 Å². The van der Waals surface area contributed by atoms with Crippen LogP contribution in [0.25, 0.3) is 0 Å². The van der Waals surface area contributed by atoms with Gasteiger partial charge in [0.2, 0.25) is 0 Å². The largest absolute Gasteiger partial charge is 0.507 e. The summed E-state index contributed by atoms with van der Waals surface area (Å²) < 4.78 is 5.06. The summed E-state index contributed by atoms with van der Waals surface area (Å²) in [5.41, 5.74) is 0.179. The summed E-state index contributed by atoms with van der Waals surface area (Å²) in [5.74, 6) is 0.197. The van der Waals surface area contributed by atoms with Crippen molar-refractivity contribution in [3.63, 3.8) is 0 Å². The monoisotopic (exact) mass is 280 g/mol. The molecule has 0 aliphatic carbocycles. The van der Waals surface area contributed by atoms with Crippen LogP contribution in [-0.2, 0) is 0 Å². The second-order valence-corrected chi connectivity index (χ2v) is 5.97. The molecule has 112 valence electrons. The molecule has 0 aliphatic heterocycles. The maximum atomic E-state index is 12.1. The van der Waals surface area contributed by atoms with E-state index in [1.54, 1.807) is 6.07 Å². The van der Waals surface area contributed by atoms with E-state index in [9.17, 15) is 9.90 Å². The van der Waals surface area contributed by atoms with E-state index in [-0.39, 0.29) is 22.6 Å².